The molecule has 2 aromatic carbocycles. The molecule has 0 unspecified atom stereocenters. The van der Waals surface area contributed by atoms with E-state index in [9.17, 15) is 5.11 Å². The molecule has 0 aliphatic carbocycles. The molecular weight excluding hydrogens is 467 g/mol. The quantitative estimate of drug-likeness (QED) is 0.460. The third kappa shape index (κ3) is 3.74. The predicted octanol–water partition coefficient (Wildman–Crippen LogP) is 6.38. The monoisotopic (exact) mass is 474 g/mol. The highest BCUT2D eigenvalue weighted by Gasteiger charge is 2.10. The summed E-state index contributed by atoms with van der Waals surface area (Å²) in [6, 6.07) is 10.9. The Kier molecular flexibility index (Phi) is 5.01. The fourth-order valence-corrected chi connectivity index (χ4v) is 3.99. The van der Waals surface area contributed by atoms with Crippen LogP contribution in [-0.2, 0) is 6.54 Å². The number of halogens is 4. The Labute approximate surface area is 159 Å². The van der Waals surface area contributed by atoms with Gasteiger partial charge >= 0.3 is 0 Å². The van der Waals surface area contributed by atoms with Gasteiger partial charge < -0.3 is 10.4 Å². The number of phenolic OH excluding ortho intramolecular Hbond substituents is 1. The first-order chi connectivity index (χ1) is 10.9. The van der Waals surface area contributed by atoms with Crippen molar-refractivity contribution in [2.24, 2.45) is 0 Å². The van der Waals surface area contributed by atoms with Crippen LogP contribution in [0.15, 0.2) is 45.3 Å². The summed E-state index contributed by atoms with van der Waals surface area (Å²) in [4.78, 5) is 4.52. The minimum atomic E-state index is 0.121. The molecule has 3 rings (SSSR count). The van der Waals surface area contributed by atoms with E-state index in [1.807, 2.05) is 12.1 Å². The topological polar surface area (TPSA) is 45.1 Å². The Morgan fingerprint density at radius 2 is 1.70 bits per heavy atom. The van der Waals surface area contributed by atoms with E-state index in [2.05, 4.69) is 42.2 Å². The average molecular weight is 477 g/mol. The molecule has 0 saturated carbocycles. The highest BCUT2D eigenvalue weighted by Crippen LogP contribution is 2.36. The van der Waals surface area contributed by atoms with Gasteiger partial charge in [-0.2, -0.15) is 0 Å². The molecule has 1 aromatic heterocycles. The summed E-state index contributed by atoms with van der Waals surface area (Å²) in [6.45, 7) is 0.482. The van der Waals surface area contributed by atoms with Gasteiger partial charge in [0.1, 0.15) is 5.52 Å². The Morgan fingerprint density at radius 3 is 2.39 bits per heavy atom. The summed E-state index contributed by atoms with van der Waals surface area (Å²) in [5.74, 6) is 0.121. The summed E-state index contributed by atoms with van der Waals surface area (Å²) < 4.78 is 1.46. The summed E-state index contributed by atoms with van der Waals surface area (Å²) in [5, 5.41) is 15.4. The van der Waals surface area contributed by atoms with Crippen LogP contribution in [0.2, 0.25) is 10.0 Å². The molecule has 0 amide bonds. The minimum absolute atomic E-state index is 0.121. The number of hydrogen-bond acceptors (Lipinski definition) is 3. The molecule has 3 nitrogen and oxygen atoms in total. The van der Waals surface area contributed by atoms with Crippen LogP contribution in [0.3, 0.4) is 0 Å². The molecule has 1 heterocycles. The van der Waals surface area contributed by atoms with Crippen molar-refractivity contribution in [2.45, 2.75) is 6.54 Å². The summed E-state index contributed by atoms with van der Waals surface area (Å²) in [7, 11) is 0. The molecule has 3 aromatic rings. The van der Waals surface area contributed by atoms with Gasteiger partial charge in [0.15, 0.2) is 5.75 Å². The van der Waals surface area contributed by atoms with Crippen LogP contribution >= 0.6 is 55.1 Å². The zero-order valence-electron chi connectivity index (χ0n) is 11.6. The van der Waals surface area contributed by atoms with Crippen molar-refractivity contribution in [3.8, 4) is 5.75 Å². The van der Waals surface area contributed by atoms with E-state index in [-0.39, 0.29) is 5.75 Å². The molecule has 0 radical (unpaired) electrons. The first-order valence-corrected chi connectivity index (χ1v) is 8.95. The standard InChI is InChI=1S/C16H10Br2Cl2N2O/c17-13-6-14(18)16(23)15-12(13)2-1-10(22-15)7-21-11-4-8(19)3-9(20)5-11/h1-6,21,23H,7H2. The lowest BCUT2D eigenvalue weighted by Crippen LogP contribution is -2.02. The van der Waals surface area contributed by atoms with E-state index in [0.717, 1.165) is 21.2 Å². The molecule has 0 bridgehead atoms. The lowest BCUT2D eigenvalue weighted by molar-refractivity contribution is 0.477. The van der Waals surface area contributed by atoms with Crippen LogP contribution in [0.4, 0.5) is 5.69 Å². The number of aromatic hydroxyl groups is 1. The van der Waals surface area contributed by atoms with Gasteiger partial charge in [0.05, 0.1) is 16.7 Å². The van der Waals surface area contributed by atoms with Crippen molar-refractivity contribution >= 4 is 71.7 Å². The maximum absolute atomic E-state index is 10.2. The van der Waals surface area contributed by atoms with Crippen molar-refractivity contribution in [3.05, 3.63) is 61.1 Å². The van der Waals surface area contributed by atoms with Crippen LogP contribution in [0.25, 0.3) is 10.9 Å². The summed E-state index contributed by atoms with van der Waals surface area (Å²) >= 11 is 18.8. The van der Waals surface area contributed by atoms with Gasteiger partial charge in [0, 0.05) is 25.6 Å². The van der Waals surface area contributed by atoms with E-state index in [0.29, 0.717) is 26.6 Å². The van der Waals surface area contributed by atoms with E-state index in [4.69, 9.17) is 23.2 Å². The third-order valence-corrected chi connectivity index (χ3v) is 4.95. The number of pyridine rings is 1. The molecule has 0 spiro atoms. The highest BCUT2D eigenvalue weighted by atomic mass is 79.9. The Bertz CT molecular complexity index is 883. The van der Waals surface area contributed by atoms with Crippen LogP contribution in [-0.4, -0.2) is 10.1 Å². The normalized spacial score (nSPS) is 11.0. The van der Waals surface area contributed by atoms with Crippen molar-refractivity contribution < 1.29 is 5.11 Å². The van der Waals surface area contributed by atoms with Gasteiger partial charge in [-0.1, -0.05) is 39.1 Å². The Hall–Kier alpha value is -1.01. The molecule has 2 N–H and O–H groups in total. The lowest BCUT2D eigenvalue weighted by Gasteiger charge is -2.10. The van der Waals surface area contributed by atoms with Crippen molar-refractivity contribution in [3.63, 3.8) is 0 Å². The number of fused-ring (bicyclic) bond motifs is 1. The van der Waals surface area contributed by atoms with Crippen molar-refractivity contribution in [1.82, 2.24) is 4.98 Å². The number of nitrogens with zero attached hydrogens (tertiary/aromatic N) is 1. The fourth-order valence-electron chi connectivity index (χ4n) is 2.19. The molecule has 0 saturated heterocycles. The van der Waals surface area contributed by atoms with E-state index in [1.165, 1.54) is 0 Å². The predicted molar refractivity (Wildman–Crippen MR) is 103 cm³/mol. The van der Waals surface area contributed by atoms with Gasteiger partial charge in [0.25, 0.3) is 0 Å². The van der Waals surface area contributed by atoms with E-state index < -0.39 is 0 Å². The van der Waals surface area contributed by atoms with Crippen molar-refractivity contribution in [1.29, 1.82) is 0 Å². The molecule has 7 heteroatoms. The number of nitrogens with one attached hydrogen (secondary N) is 1. The maximum atomic E-state index is 10.2. The van der Waals surface area contributed by atoms with Gasteiger partial charge in [-0.05, 0) is 52.3 Å². The summed E-state index contributed by atoms with van der Waals surface area (Å²) in [5.41, 5.74) is 2.13. The first kappa shape index (κ1) is 16.8. The van der Waals surface area contributed by atoms with Crippen molar-refractivity contribution in [2.75, 3.05) is 5.32 Å². The van der Waals surface area contributed by atoms with Gasteiger partial charge in [-0.3, -0.25) is 0 Å². The zero-order valence-corrected chi connectivity index (χ0v) is 16.3. The largest absolute Gasteiger partial charge is 0.505 e. The molecular formula is C16H10Br2Cl2N2O. The lowest BCUT2D eigenvalue weighted by atomic mass is 10.2. The van der Waals surface area contributed by atoms with Gasteiger partial charge in [-0.25, -0.2) is 4.98 Å². The molecule has 23 heavy (non-hydrogen) atoms. The number of anilines is 1. The third-order valence-electron chi connectivity index (χ3n) is 3.25. The van der Waals surface area contributed by atoms with Crippen LogP contribution < -0.4 is 5.32 Å². The molecule has 0 aliphatic heterocycles. The Morgan fingerprint density at radius 1 is 1.00 bits per heavy atom. The van der Waals surface area contributed by atoms with E-state index in [1.54, 1.807) is 24.3 Å². The van der Waals surface area contributed by atoms with Crippen LogP contribution in [0.1, 0.15) is 5.69 Å². The second-order valence-electron chi connectivity index (χ2n) is 4.90. The average Bonchev–Trinajstić information content (AvgIpc) is 2.49. The smallest absolute Gasteiger partial charge is 0.156 e. The second-order valence-corrected chi connectivity index (χ2v) is 7.48. The van der Waals surface area contributed by atoms with Gasteiger partial charge in [0.2, 0.25) is 0 Å². The summed E-state index contributed by atoms with van der Waals surface area (Å²) in [6.07, 6.45) is 0. The van der Waals surface area contributed by atoms with E-state index >= 15 is 0 Å². The van der Waals surface area contributed by atoms with Crippen LogP contribution in [0.5, 0.6) is 5.75 Å². The second kappa shape index (κ2) is 6.85. The highest BCUT2D eigenvalue weighted by molar-refractivity contribution is 9.11. The molecule has 118 valence electrons. The number of phenols is 1. The number of benzene rings is 2. The number of aromatic nitrogens is 1. The maximum Gasteiger partial charge on any atom is 0.156 e. The Balaban J connectivity index is 1.90. The first-order valence-electron chi connectivity index (χ1n) is 6.60. The number of hydrogen-bond donors (Lipinski definition) is 2. The van der Waals surface area contributed by atoms with Gasteiger partial charge in [-0.15, -0.1) is 0 Å². The fraction of sp³-hybridized carbons (Fsp3) is 0.0625. The molecule has 0 atom stereocenters. The number of rotatable bonds is 3. The molecule has 0 aliphatic rings. The molecule has 0 fully saturated rings. The zero-order chi connectivity index (χ0) is 16.6. The minimum Gasteiger partial charge on any atom is -0.505 e. The van der Waals surface area contributed by atoms with Crippen LogP contribution in [0, 0.1) is 0 Å². The SMILES string of the molecule is Oc1c(Br)cc(Br)c2ccc(CNc3cc(Cl)cc(Cl)c3)nc12.